The van der Waals surface area contributed by atoms with E-state index in [1.807, 2.05) is 11.3 Å². The highest BCUT2D eigenvalue weighted by Crippen LogP contribution is 2.41. The lowest BCUT2D eigenvalue weighted by Crippen LogP contribution is -1.75. The van der Waals surface area contributed by atoms with Crippen molar-refractivity contribution in [1.82, 2.24) is 0 Å². The Morgan fingerprint density at radius 1 is 1.00 bits per heavy atom. The van der Waals surface area contributed by atoms with E-state index >= 15 is 0 Å². The first-order chi connectivity index (χ1) is 7.66. The molecule has 2 aromatic carbocycles. The van der Waals surface area contributed by atoms with Crippen LogP contribution in [0.2, 0.25) is 0 Å². The van der Waals surface area contributed by atoms with Crippen molar-refractivity contribution >= 4 is 63.4 Å². The van der Waals surface area contributed by atoms with E-state index in [9.17, 15) is 0 Å². The van der Waals surface area contributed by atoms with E-state index in [0.29, 0.717) is 0 Å². The van der Waals surface area contributed by atoms with E-state index in [-0.39, 0.29) is 0 Å². The average Bonchev–Trinajstić information content (AvgIpc) is 2.56. The second-order valence-corrected chi connectivity index (χ2v) is 6.66. The molecular weight excluding hydrogens is 348 g/mol. The monoisotopic (exact) mass is 354 g/mol. The molecule has 0 saturated carbocycles. The van der Waals surface area contributed by atoms with Crippen LogP contribution in [0.15, 0.2) is 39.3 Å². The minimum Gasteiger partial charge on any atom is -0.135 e. The molecule has 3 rings (SSSR count). The standard InChI is InChI=1S/C13H8Br2S/c1-7-3-2-4-10-12(7)13-9(15)5-8(14)6-11(13)16-10/h2-6H,1H3. The third-order valence-corrected chi connectivity index (χ3v) is 4.91. The molecule has 0 aliphatic rings. The topological polar surface area (TPSA) is 0 Å². The molecule has 1 heterocycles. The van der Waals surface area contributed by atoms with Crippen molar-refractivity contribution in [2.45, 2.75) is 6.92 Å². The molecule has 0 aliphatic carbocycles. The van der Waals surface area contributed by atoms with Crippen LogP contribution in [0.4, 0.5) is 0 Å². The van der Waals surface area contributed by atoms with E-state index in [2.05, 4.69) is 69.1 Å². The summed E-state index contributed by atoms with van der Waals surface area (Å²) in [5.41, 5.74) is 1.34. The van der Waals surface area contributed by atoms with Crippen molar-refractivity contribution in [2.75, 3.05) is 0 Å². The lowest BCUT2D eigenvalue weighted by Gasteiger charge is -1.99. The molecule has 0 saturated heterocycles. The highest BCUT2D eigenvalue weighted by molar-refractivity contribution is 9.11. The van der Waals surface area contributed by atoms with Crippen molar-refractivity contribution in [3.63, 3.8) is 0 Å². The molecule has 0 unspecified atom stereocenters. The van der Waals surface area contributed by atoms with Crippen molar-refractivity contribution < 1.29 is 0 Å². The summed E-state index contributed by atoms with van der Waals surface area (Å²) in [5.74, 6) is 0. The minimum atomic E-state index is 1.12. The maximum atomic E-state index is 3.66. The van der Waals surface area contributed by atoms with Gasteiger partial charge in [0.25, 0.3) is 0 Å². The second kappa shape index (κ2) is 3.83. The summed E-state index contributed by atoms with van der Waals surface area (Å²) in [7, 11) is 0. The molecular formula is C13H8Br2S. The lowest BCUT2D eigenvalue weighted by atomic mass is 10.1. The number of fused-ring (bicyclic) bond motifs is 3. The van der Waals surface area contributed by atoms with Gasteiger partial charge in [-0.05, 0) is 30.7 Å². The predicted molar refractivity (Wildman–Crippen MR) is 79.5 cm³/mol. The first-order valence-corrected chi connectivity index (χ1v) is 7.34. The van der Waals surface area contributed by atoms with Gasteiger partial charge in [0.1, 0.15) is 0 Å². The van der Waals surface area contributed by atoms with Crippen LogP contribution in [0.5, 0.6) is 0 Å². The zero-order valence-electron chi connectivity index (χ0n) is 8.55. The molecule has 0 atom stereocenters. The molecule has 0 bridgehead atoms. The summed E-state index contributed by atoms with van der Waals surface area (Å²) in [5, 5.41) is 2.71. The highest BCUT2D eigenvalue weighted by Gasteiger charge is 2.10. The third-order valence-electron chi connectivity index (χ3n) is 2.72. The molecule has 3 aromatic rings. The van der Waals surface area contributed by atoms with Crippen LogP contribution < -0.4 is 0 Å². The Kier molecular flexibility index (Phi) is 2.57. The van der Waals surface area contributed by atoms with Gasteiger partial charge in [0.2, 0.25) is 0 Å². The second-order valence-electron chi connectivity index (χ2n) is 3.81. The molecule has 16 heavy (non-hydrogen) atoms. The molecule has 80 valence electrons. The van der Waals surface area contributed by atoms with E-state index in [4.69, 9.17) is 0 Å². The van der Waals surface area contributed by atoms with Crippen LogP contribution in [-0.2, 0) is 0 Å². The summed E-state index contributed by atoms with van der Waals surface area (Å²) in [4.78, 5) is 0. The fraction of sp³-hybridized carbons (Fsp3) is 0.0769. The van der Waals surface area contributed by atoms with E-state index < -0.39 is 0 Å². The Labute approximate surface area is 115 Å². The fourth-order valence-corrected chi connectivity index (χ4v) is 4.99. The first kappa shape index (κ1) is 10.8. The van der Waals surface area contributed by atoms with Gasteiger partial charge in [0.15, 0.2) is 0 Å². The Balaban J connectivity index is 2.63. The van der Waals surface area contributed by atoms with Crippen LogP contribution in [-0.4, -0.2) is 0 Å². The molecule has 3 heteroatoms. The van der Waals surface area contributed by atoms with Crippen LogP contribution in [0.1, 0.15) is 5.56 Å². The summed E-state index contributed by atoms with van der Waals surface area (Å²) < 4.78 is 4.97. The number of halogens is 2. The summed E-state index contributed by atoms with van der Waals surface area (Å²) >= 11 is 9.04. The van der Waals surface area contributed by atoms with Gasteiger partial charge in [-0.15, -0.1) is 11.3 Å². The molecule has 0 fully saturated rings. The zero-order valence-corrected chi connectivity index (χ0v) is 12.5. The van der Waals surface area contributed by atoms with Gasteiger partial charge in [-0.25, -0.2) is 0 Å². The molecule has 1 aromatic heterocycles. The van der Waals surface area contributed by atoms with Gasteiger partial charge in [-0.3, -0.25) is 0 Å². The number of rotatable bonds is 0. The lowest BCUT2D eigenvalue weighted by molar-refractivity contribution is 1.55. The van der Waals surface area contributed by atoms with Crippen molar-refractivity contribution in [3.8, 4) is 0 Å². The smallest absolute Gasteiger partial charge is 0.0378 e. The summed E-state index contributed by atoms with van der Waals surface area (Å²) in [6, 6.07) is 10.8. The fourth-order valence-electron chi connectivity index (χ4n) is 2.04. The van der Waals surface area contributed by atoms with Gasteiger partial charge in [0.05, 0.1) is 0 Å². The van der Waals surface area contributed by atoms with Crippen molar-refractivity contribution in [1.29, 1.82) is 0 Å². The molecule has 0 nitrogen and oxygen atoms in total. The molecule has 0 amide bonds. The first-order valence-electron chi connectivity index (χ1n) is 4.93. The van der Waals surface area contributed by atoms with Gasteiger partial charge >= 0.3 is 0 Å². The molecule has 0 N–H and O–H groups in total. The quantitative estimate of drug-likeness (QED) is 0.471. The van der Waals surface area contributed by atoms with Gasteiger partial charge < -0.3 is 0 Å². The number of aryl methyl sites for hydroxylation is 1. The van der Waals surface area contributed by atoms with Crippen molar-refractivity contribution in [3.05, 3.63) is 44.8 Å². The molecule has 0 spiro atoms. The van der Waals surface area contributed by atoms with Crippen LogP contribution in [0, 0.1) is 6.92 Å². The Bertz CT molecular complexity index is 698. The number of hydrogen-bond acceptors (Lipinski definition) is 1. The van der Waals surface area contributed by atoms with Crippen molar-refractivity contribution in [2.24, 2.45) is 0 Å². The van der Waals surface area contributed by atoms with Gasteiger partial charge in [-0.2, -0.15) is 0 Å². The summed E-state index contributed by atoms with van der Waals surface area (Å²) in [6.07, 6.45) is 0. The largest absolute Gasteiger partial charge is 0.135 e. The third kappa shape index (κ3) is 1.53. The zero-order chi connectivity index (χ0) is 11.3. The van der Waals surface area contributed by atoms with Crippen LogP contribution >= 0.6 is 43.2 Å². The SMILES string of the molecule is Cc1cccc2sc3cc(Br)cc(Br)c3c12. The normalized spacial score (nSPS) is 11.4. The van der Waals surface area contributed by atoms with E-state index in [0.717, 1.165) is 8.95 Å². The maximum Gasteiger partial charge on any atom is 0.0378 e. The minimum absolute atomic E-state index is 1.12. The van der Waals surface area contributed by atoms with Gasteiger partial charge in [0, 0.05) is 29.1 Å². The Morgan fingerprint density at radius 2 is 1.81 bits per heavy atom. The predicted octanol–water partition coefficient (Wildman–Crippen LogP) is 5.89. The highest BCUT2D eigenvalue weighted by atomic mass is 79.9. The number of hydrogen-bond donors (Lipinski definition) is 0. The summed E-state index contributed by atoms with van der Waals surface area (Å²) in [6.45, 7) is 2.17. The van der Waals surface area contributed by atoms with E-state index in [1.165, 1.54) is 25.7 Å². The van der Waals surface area contributed by atoms with Gasteiger partial charge in [-0.1, -0.05) is 44.0 Å². The Morgan fingerprint density at radius 3 is 2.62 bits per heavy atom. The van der Waals surface area contributed by atoms with Crippen LogP contribution in [0.3, 0.4) is 0 Å². The maximum absolute atomic E-state index is 3.66. The average molecular weight is 356 g/mol. The van der Waals surface area contributed by atoms with E-state index in [1.54, 1.807) is 0 Å². The molecule has 0 aliphatic heterocycles. The number of benzene rings is 2. The Hall–Kier alpha value is -0.380. The van der Waals surface area contributed by atoms with Crippen LogP contribution in [0.25, 0.3) is 20.2 Å². The number of thiophene rings is 1. The molecule has 0 radical (unpaired) electrons.